The Morgan fingerprint density at radius 2 is 1.78 bits per heavy atom. The SMILES string of the molecule is CCCCCSC[C@H](C(=O)N(C)C(C)C)C(C)C. The molecular weight excluding hydrogens is 242 g/mol. The quantitative estimate of drug-likeness (QED) is 0.591. The first-order chi connectivity index (χ1) is 8.41. The Kier molecular flexibility index (Phi) is 9.61. The van der Waals surface area contributed by atoms with E-state index in [1.807, 2.05) is 23.7 Å². The van der Waals surface area contributed by atoms with Crippen molar-refractivity contribution in [3.63, 3.8) is 0 Å². The van der Waals surface area contributed by atoms with Crippen LogP contribution in [0.15, 0.2) is 0 Å². The minimum atomic E-state index is 0.170. The number of rotatable bonds is 9. The van der Waals surface area contributed by atoms with Crippen LogP contribution in [0, 0.1) is 11.8 Å². The van der Waals surface area contributed by atoms with Crippen molar-refractivity contribution in [2.24, 2.45) is 11.8 Å². The van der Waals surface area contributed by atoms with E-state index in [1.165, 1.54) is 25.0 Å². The Labute approximate surface area is 118 Å². The van der Waals surface area contributed by atoms with E-state index < -0.39 is 0 Å². The van der Waals surface area contributed by atoms with Crippen LogP contribution >= 0.6 is 11.8 Å². The molecule has 0 aromatic carbocycles. The molecule has 1 atom stereocenters. The third-order valence-corrected chi connectivity index (χ3v) is 4.61. The molecule has 0 heterocycles. The number of carbonyl (C=O) groups is 1. The summed E-state index contributed by atoms with van der Waals surface area (Å²) in [6.45, 7) is 10.7. The third-order valence-electron chi connectivity index (χ3n) is 3.43. The van der Waals surface area contributed by atoms with E-state index >= 15 is 0 Å². The first kappa shape index (κ1) is 17.8. The molecular formula is C15H31NOS. The van der Waals surface area contributed by atoms with Gasteiger partial charge in [-0.25, -0.2) is 0 Å². The predicted molar refractivity (Wildman–Crippen MR) is 83.1 cm³/mol. The Morgan fingerprint density at radius 1 is 1.17 bits per heavy atom. The molecule has 108 valence electrons. The Balaban J connectivity index is 4.18. The lowest BCUT2D eigenvalue weighted by molar-refractivity contribution is -0.136. The molecule has 0 saturated heterocycles. The number of carbonyl (C=O) groups excluding carboxylic acids is 1. The van der Waals surface area contributed by atoms with Gasteiger partial charge in [-0.3, -0.25) is 4.79 Å². The highest BCUT2D eigenvalue weighted by Gasteiger charge is 2.26. The Morgan fingerprint density at radius 3 is 2.22 bits per heavy atom. The average molecular weight is 273 g/mol. The maximum absolute atomic E-state index is 12.4. The maximum atomic E-state index is 12.4. The third kappa shape index (κ3) is 6.67. The summed E-state index contributed by atoms with van der Waals surface area (Å²) in [5.41, 5.74) is 0. The molecule has 0 bridgehead atoms. The van der Waals surface area contributed by atoms with Gasteiger partial charge in [0.05, 0.1) is 0 Å². The van der Waals surface area contributed by atoms with Crippen molar-refractivity contribution in [3.05, 3.63) is 0 Å². The van der Waals surface area contributed by atoms with Gasteiger partial charge >= 0.3 is 0 Å². The molecule has 0 unspecified atom stereocenters. The average Bonchev–Trinajstić information content (AvgIpc) is 2.31. The van der Waals surface area contributed by atoms with Crippen LogP contribution in [-0.4, -0.2) is 35.4 Å². The van der Waals surface area contributed by atoms with E-state index in [4.69, 9.17) is 0 Å². The number of amides is 1. The van der Waals surface area contributed by atoms with E-state index in [0.717, 1.165) is 5.75 Å². The molecule has 0 aliphatic rings. The van der Waals surface area contributed by atoms with Crippen LogP contribution in [0.25, 0.3) is 0 Å². The van der Waals surface area contributed by atoms with Gasteiger partial charge in [0.15, 0.2) is 0 Å². The van der Waals surface area contributed by atoms with Crippen molar-refractivity contribution in [3.8, 4) is 0 Å². The lowest BCUT2D eigenvalue weighted by Gasteiger charge is -2.28. The molecule has 0 aliphatic heterocycles. The first-order valence-corrected chi connectivity index (χ1v) is 8.41. The topological polar surface area (TPSA) is 20.3 Å². The largest absolute Gasteiger partial charge is 0.343 e. The highest BCUT2D eigenvalue weighted by atomic mass is 32.2. The van der Waals surface area contributed by atoms with Gasteiger partial charge in [-0.1, -0.05) is 33.6 Å². The molecule has 0 spiro atoms. The lowest BCUT2D eigenvalue weighted by atomic mass is 9.96. The predicted octanol–water partition coefficient (Wildman–Crippen LogP) is 4.05. The fourth-order valence-electron chi connectivity index (χ4n) is 1.73. The van der Waals surface area contributed by atoms with E-state index in [9.17, 15) is 4.79 Å². The molecule has 3 heteroatoms. The van der Waals surface area contributed by atoms with Crippen molar-refractivity contribution >= 4 is 17.7 Å². The number of unbranched alkanes of at least 4 members (excludes halogenated alkanes) is 2. The van der Waals surface area contributed by atoms with E-state index in [-0.39, 0.29) is 5.92 Å². The highest BCUT2D eigenvalue weighted by molar-refractivity contribution is 7.99. The first-order valence-electron chi connectivity index (χ1n) is 7.26. The molecule has 0 N–H and O–H groups in total. The zero-order valence-corrected chi connectivity index (χ0v) is 13.8. The monoisotopic (exact) mass is 273 g/mol. The number of hydrogen-bond acceptors (Lipinski definition) is 2. The second-order valence-electron chi connectivity index (χ2n) is 5.68. The van der Waals surface area contributed by atoms with Gasteiger partial charge < -0.3 is 4.90 Å². The second kappa shape index (κ2) is 9.71. The maximum Gasteiger partial charge on any atom is 0.226 e. The summed E-state index contributed by atoms with van der Waals surface area (Å²) >= 11 is 1.94. The second-order valence-corrected chi connectivity index (χ2v) is 6.83. The summed E-state index contributed by atoms with van der Waals surface area (Å²) in [6, 6.07) is 0.295. The minimum Gasteiger partial charge on any atom is -0.343 e. The Bertz CT molecular complexity index is 229. The summed E-state index contributed by atoms with van der Waals surface area (Å²) in [4.78, 5) is 14.2. The molecule has 0 radical (unpaired) electrons. The fourth-order valence-corrected chi connectivity index (χ4v) is 3.09. The van der Waals surface area contributed by atoms with Gasteiger partial charge in [-0.05, 0) is 31.9 Å². The van der Waals surface area contributed by atoms with E-state index in [1.54, 1.807) is 0 Å². The van der Waals surface area contributed by atoms with Gasteiger partial charge in [0.1, 0.15) is 0 Å². The summed E-state index contributed by atoms with van der Waals surface area (Å²) in [5.74, 6) is 3.07. The van der Waals surface area contributed by atoms with Crippen molar-refractivity contribution in [2.75, 3.05) is 18.6 Å². The zero-order chi connectivity index (χ0) is 14.1. The van der Waals surface area contributed by atoms with Crippen LogP contribution in [0.4, 0.5) is 0 Å². The number of thioether (sulfide) groups is 1. The van der Waals surface area contributed by atoms with Crippen molar-refractivity contribution in [2.45, 2.75) is 59.9 Å². The van der Waals surface area contributed by atoms with Crippen molar-refractivity contribution in [1.82, 2.24) is 4.90 Å². The smallest absolute Gasteiger partial charge is 0.226 e. The summed E-state index contributed by atoms with van der Waals surface area (Å²) < 4.78 is 0. The van der Waals surface area contributed by atoms with Crippen LogP contribution in [0.5, 0.6) is 0 Å². The molecule has 0 aromatic heterocycles. The van der Waals surface area contributed by atoms with E-state index in [0.29, 0.717) is 17.9 Å². The van der Waals surface area contributed by atoms with Crippen LogP contribution in [0.3, 0.4) is 0 Å². The number of hydrogen-bond donors (Lipinski definition) is 0. The minimum absolute atomic E-state index is 0.170. The summed E-state index contributed by atoms with van der Waals surface area (Å²) in [5, 5.41) is 0. The van der Waals surface area contributed by atoms with Crippen LogP contribution in [0.1, 0.15) is 53.9 Å². The molecule has 0 rings (SSSR count). The van der Waals surface area contributed by atoms with Crippen LogP contribution < -0.4 is 0 Å². The zero-order valence-electron chi connectivity index (χ0n) is 13.0. The molecule has 2 nitrogen and oxygen atoms in total. The van der Waals surface area contributed by atoms with Crippen LogP contribution in [0.2, 0.25) is 0 Å². The lowest BCUT2D eigenvalue weighted by Crippen LogP contribution is -2.40. The van der Waals surface area contributed by atoms with Crippen LogP contribution in [-0.2, 0) is 4.79 Å². The molecule has 0 saturated carbocycles. The summed E-state index contributed by atoms with van der Waals surface area (Å²) in [6.07, 6.45) is 3.85. The molecule has 1 amide bonds. The normalized spacial score (nSPS) is 13.1. The fraction of sp³-hybridized carbons (Fsp3) is 0.933. The number of nitrogens with zero attached hydrogens (tertiary/aromatic N) is 1. The molecule has 0 fully saturated rings. The molecule has 0 aromatic rings. The highest BCUT2D eigenvalue weighted by Crippen LogP contribution is 2.21. The molecule has 18 heavy (non-hydrogen) atoms. The van der Waals surface area contributed by atoms with Crippen molar-refractivity contribution < 1.29 is 4.79 Å². The Hall–Kier alpha value is -0.180. The van der Waals surface area contributed by atoms with Gasteiger partial charge in [0.25, 0.3) is 0 Å². The van der Waals surface area contributed by atoms with Gasteiger partial charge in [-0.2, -0.15) is 11.8 Å². The molecule has 0 aliphatic carbocycles. The summed E-state index contributed by atoms with van der Waals surface area (Å²) in [7, 11) is 1.92. The van der Waals surface area contributed by atoms with Crippen molar-refractivity contribution in [1.29, 1.82) is 0 Å². The van der Waals surface area contributed by atoms with E-state index in [2.05, 4.69) is 34.6 Å². The van der Waals surface area contributed by atoms with Gasteiger partial charge in [0, 0.05) is 24.8 Å². The van der Waals surface area contributed by atoms with Gasteiger partial charge in [0.2, 0.25) is 5.91 Å². The standard InChI is InChI=1S/C15H31NOS/c1-7-8-9-10-18-11-14(12(2)3)15(17)16(6)13(4)5/h12-14H,7-11H2,1-6H3/t14-/m0/s1. The van der Waals surface area contributed by atoms with Gasteiger partial charge in [-0.15, -0.1) is 0 Å².